The van der Waals surface area contributed by atoms with Gasteiger partial charge in [-0.25, -0.2) is 15.0 Å². The number of rotatable bonds is 1. The molecule has 0 fully saturated rings. The Balaban J connectivity index is 2.79. The van der Waals surface area contributed by atoms with Crippen molar-refractivity contribution in [1.82, 2.24) is 15.0 Å². The fraction of sp³-hybridized carbons (Fsp3) is 0.125. The van der Waals surface area contributed by atoms with Crippen LogP contribution in [-0.2, 0) is 0 Å². The lowest BCUT2D eigenvalue weighted by Gasteiger charge is -2.03. The van der Waals surface area contributed by atoms with Gasteiger partial charge in [-0.15, -0.1) is 0 Å². The zero-order valence-corrected chi connectivity index (χ0v) is 9.50. The second-order valence-electron chi connectivity index (χ2n) is 2.51. The van der Waals surface area contributed by atoms with E-state index < -0.39 is 0 Å². The van der Waals surface area contributed by atoms with Gasteiger partial charge >= 0.3 is 0 Å². The fourth-order valence-electron chi connectivity index (χ4n) is 1.05. The second-order valence-corrected chi connectivity index (χ2v) is 3.69. The SMILES string of the molecule is COc1ncc2ncc(Cl)nc2c1Br. The molecule has 6 heteroatoms. The molecule has 0 aliphatic carbocycles. The maximum absolute atomic E-state index is 5.73. The summed E-state index contributed by atoms with van der Waals surface area (Å²) in [5.41, 5.74) is 1.31. The van der Waals surface area contributed by atoms with Gasteiger partial charge in [0, 0.05) is 0 Å². The number of nitrogens with zero attached hydrogens (tertiary/aromatic N) is 3. The van der Waals surface area contributed by atoms with Gasteiger partial charge in [0.2, 0.25) is 5.88 Å². The van der Waals surface area contributed by atoms with E-state index in [1.807, 2.05) is 0 Å². The monoisotopic (exact) mass is 273 g/mol. The van der Waals surface area contributed by atoms with Gasteiger partial charge in [-0.1, -0.05) is 11.6 Å². The van der Waals surface area contributed by atoms with E-state index in [-0.39, 0.29) is 0 Å². The van der Waals surface area contributed by atoms with Crippen molar-refractivity contribution in [1.29, 1.82) is 0 Å². The van der Waals surface area contributed by atoms with Crippen molar-refractivity contribution >= 4 is 38.6 Å². The Hall–Kier alpha value is -0.940. The molecule has 0 atom stereocenters. The van der Waals surface area contributed by atoms with Gasteiger partial charge in [0.1, 0.15) is 20.7 Å². The standard InChI is InChI=1S/C8H5BrClN3O/c1-14-8-6(9)7-4(2-12-8)11-3-5(10)13-7/h2-3H,1H3. The minimum absolute atomic E-state index is 0.339. The van der Waals surface area contributed by atoms with Crippen molar-refractivity contribution in [2.75, 3.05) is 7.11 Å². The van der Waals surface area contributed by atoms with Crippen LogP contribution in [0.1, 0.15) is 0 Å². The molecule has 0 aromatic carbocycles. The molecular weight excluding hydrogens is 269 g/mol. The van der Waals surface area contributed by atoms with Gasteiger partial charge in [0.05, 0.1) is 19.5 Å². The molecule has 2 rings (SSSR count). The molecule has 0 spiro atoms. The average molecular weight is 275 g/mol. The molecular formula is C8H5BrClN3O. The van der Waals surface area contributed by atoms with E-state index in [0.29, 0.717) is 26.5 Å². The van der Waals surface area contributed by atoms with Crippen LogP contribution in [0.15, 0.2) is 16.9 Å². The summed E-state index contributed by atoms with van der Waals surface area (Å²) >= 11 is 9.06. The van der Waals surface area contributed by atoms with E-state index in [4.69, 9.17) is 16.3 Å². The molecule has 0 radical (unpaired) electrons. The number of methoxy groups -OCH3 is 1. The van der Waals surface area contributed by atoms with Crippen LogP contribution in [0.4, 0.5) is 0 Å². The molecule has 0 bridgehead atoms. The van der Waals surface area contributed by atoms with Crippen molar-refractivity contribution in [2.24, 2.45) is 0 Å². The van der Waals surface area contributed by atoms with Crippen molar-refractivity contribution in [3.05, 3.63) is 22.0 Å². The average Bonchev–Trinajstić information content (AvgIpc) is 2.20. The molecule has 14 heavy (non-hydrogen) atoms. The van der Waals surface area contributed by atoms with Crippen LogP contribution >= 0.6 is 27.5 Å². The Kier molecular flexibility index (Phi) is 2.52. The van der Waals surface area contributed by atoms with Crippen LogP contribution in [0.3, 0.4) is 0 Å². The van der Waals surface area contributed by atoms with E-state index in [2.05, 4.69) is 30.9 Å². The summed E-state index contributed by atoms with van der Waals surface area (Å²) in [5, 5.41) is 0.339. The molecule has 0 saturated carbocycles. The Morgan fingerprint density at radius 1 is 1.36 bits per heavy atom. The quantitative estimate of drug-likeness (QED) is 0.801. The maximum atomic E-state index is 5.73. The first kappa shape index (κ1) is 9.61. The molecule has 4 nitrogen and oxygen atoms in total. The molecule has 0 unspecified atom stereocenters. The number of hydrogen-bond acceptors (Lipinski definition) is 4. The first-order valence-corrected chi connectivity index (χ1v) is 4.90. The fourth-order valence-corrected chi connectivity index (χ4v) is 1.74. The largest absolute Gasteiger partial charge is 0.480 e. The second kappa shape index (κ2) is 3.67. The van der Waals surface area contributed by atoms with Gasteiger partial charge in [0.15, 0.2) is 0 Å². The third kappa shape index (κ3) is 1.53. The van der Waals surface area contributed by atoms with Crippen molar-refractivity contribution < 1.29 is 4.74 Å². The predicted octanol–water partition coefficient (Wildman–Crippen LogP) is 2.45. The minimum Gasteiger partial charge on any atom is -0.480 e. The lowest BCUT2D eigenvalue weighted by molar-refractivity contribution is 0.396. The molecule has 0 saturated heterocycles. The highest BCUT2D eigenvalue weighted by molar-refractivity contribution is 9.10. The predicted molar refractivity (Wildman–Crippen MR) is 56.6 cm³/mol. The summed E-state index contributed by atoms with van der Waals surface area (Å²) in [5.74, 6) is 0.467. The summed E-state index contributed by atoms with van der Waals surface area (Å²) in [6.45, 7) is 0. The maximum Gasteiger partial charge on any atom is 0.230 e. The van der Waals surface area contributed by atoms with Crippen LogP contribution < -0.4 is 4.74 Å². The van der Waals surface area contributed by atoms with Crippen LogP contribution in [0.25, 0.3) is 11.0 Å². The number of hydrogen-bond donors (Lipinski definition) is 0. The number of ether oxygens (including phenoxy) is 1. The smallest absolute Gasteiger partial charge is 0.230 e. The van der Waals surface area contributed by atoms with Crippen LogP contribution in [0.5, 0.6) is 5.88 Å². The van der Waals surface area contributed by atoms with E-state index in [9.17, 15) is 0 Å². The van der Waals surface area contributed by atoms with Crippen LogP contribution in [-0.4, -0.2) is 22.1 Å². The van der Waals surface area contributed by atoms with E-state index in [1.165, 1.54) is 13.3 Å². The third-order valence-corrected chi connectivity index (χ3v) is 2.56. The number of aromatic nitrogens is 3. The normalized spacial score (nSPS) is 10.5. The van der Waals surface area contributed by atoms with E-state index in [1.54, 1.807) is 6.20 Å². The summed E-state index contributed by atoms with van der Waals surface area (Å²) in [6.07, 6.45) is 3.06. The number of halogens is 2. The lowest BCUT2D eigenvalue weighted by atomic mass is 10.4. The molecule has 2 heterocycles. The number of fused-ring (bicyclic) bond motifs is 1. The van der Waals surface area contributed by atoms with Gasteiger partial charge in [-0.3, -0.25) is 0 Å². The lowest BCUT2D eigenvalue weighted by Crippen LogP contribution is -1.92. The van der Waals surface area contributed by atoms with Gasteiger partial charge in [0.25, 0.3) is 0 Å². The zero-order valence-electron chi connectivity index (χ0n) is 7.16. The highest BCUT2D eigenvalue weighted by Gasteiger charge is 2.09. The van der Waals surface area contributed by atoms with Crippen molar-refractivity contribution in [2.45, 2.75) is 0 Å². The summed E-state index contributed by atoms with van der Waals surface area (Å²) in [6, 6.07) is 0. The van der Waals surface area contributed by atoms with Gasteiger partial charge in [-0.05, 0) is 15.9 Å². The molecule has 0 N–H and O–H groups in total. The Morgan fingerprint density at radius 3 is 2.86 bits per heavy atom. The van der Waals surface area contributed by atoms with Crippen LogP contribution in [0, 0.1) is 0 Å². The first-order chi connectivity index (χ1) is 6.72. The summed E-state index contributed by atoms with van der Waals surface area (Å²) in [7, 11) is 1.54. The first-order valence-electron chi connectivity index (χ1n) is 3.73. The molecule has 0 aliphatic rings. The zero-order chi connectivity index (χ0) is 10.1. The molecule has 2 aromatic rings. The van der Waals surface area contributed by atoms with E-state index in [0.717, 1.165) is 0 Å². The molecule has 2 aromatic heterocycles. The number of pyridine rings is 1. The van der Waals surface area contributed by atoms with Gasteiger partial charge in [-0.2, -0.15) is 0 Å². The summed E-state index contributed by atoms with van der Waals surface area (Å²) in [4.78, 5) is 12.2. The summed E-state index contributed by atoms with van der Waals surface area (Å²) < 4.78 is 5.68. The highest BCUT2D eigenvalue weighted by atomic mass is 79.9. The van der Waals surface area contributed by atoms with Crippen molar-refractivity contribution in [3.63, 3.8) is 0 Å². The Morgan fingerprint density at radius 2 is 2.14 bits per heavy atom. The molecule has 72 valence electrons. The highest BCUT2D eigenvalue weighted by Crippen LogP contribution is 2.28. The Bertz CT molecular complexity index is 491. The minimum atomic E-state index is 0.339. The Labute approximate surface area is 93.4 Å². The van der Waals surface area contributed by atoms with E-state index >= 15 is 0 Å². The van der Waals surface area contributed by atoms with Crippen molar-refractivity contribution in [3.8, 4) is 5.88 Å². The topological polar surface area (TPSA) is 47.9 Å². The molecule has 0 aliphatic heterocycles. The van der Waals surface area contributed by atoms with Gasteiger partial charge < -0.3 is 4.74 Å². The molecule has 0 amide bonds. The van der Waals surface area contributed by atoms with Crippen LogP contribution in [0.2, 0.25) is 5.15 Å². The third-order valence-electron chi connectivity index (χ3n) is 1.66.